The molecule has 0 radical (unpaired) electrons. The van der Waals surface area contributed by atoms with Gasteiger partial charge < -0.3 is 15.1 Å². The number of pyridine rings is 1. The smallest absolute Gasteiger partial charge is 0.193 e. The van der Waals surface area contributed by atoms with Crippen molar-refractivity contribution >= 4 is 11.8 Å². The van der Waals surface area contributed by atoms with Crippen molar-refractivity contribution in [2.75, 3.05) is 44.7 Å². The second-order valence-electron chi connectivity index (χ2n) is 7.32. The van der Waals surface area contributed by atoms with E-state index in [1.807, 2.05) is 43.6 Å². The summed E-state index contributed by atoms with van der Waals surface area (Å²) >= 11 is 0. The van der Waals surface area contributed by atoms with Crippen LogP contribution >= 0.6 is 0 Å². The number of aliphatic imine (C=N–C) groups is 1. The second kappa shape index (κ2) is 7.55. The van der Waals surface area contributed by atoms with Gasteiger partial charge in [0.15, 0.2) is 5.96 Å². The molecule has 1 aliphatic carbocycles. The van der Waals surface area contributed by atoms with E-state index in [0.29, 0.717) is 0 Å². The van der Waals surface area contributed by atoms with Crippen LogP contribution in [0.2, 0.25) is 0 Å². The summed E-state index contributed by atoms with van der Waals surface area (Å²) in [6, 6.07) is 13.2. The topological polar surface area (TPSA) is 43.8 Å². The van der Waals surface area contributed by atoms with Crippen molar-refractivity contribution in [1.29, 1.82) is 0 Å². The van der Waals surface area contributed by atoms with Gasteiger partial charge in [0.2, 0.25) is 0 Å². The van der Waals surface area contributed by atoms with Crippen LogP contribution in [0.4, 0.5) is 10.2 Å². The molecule has 0 bridgehead atoms. The van der Waals surface area contributed by atoms with Crippen molar-refractivity contribution < 1.29 is 4.39 Å². The summed E-state index contributed by atoms with van der Waals surface area (Å²) < 4.78 is 14.2. The SMILES string of the molecule is CN=C(NCC1(c2ccccc2F)CC1)N1CCN(c2ccccn2)CC1. The van der Waals surface area contributed by atoms with Crippen molar-refractivity contribution in [1.82, 2.24) is 15.2 Å². The highest BCUT2D eigenvalue weighted by Gasteiger charge is 2.46. The fraction of sp³-hybridized carbons (Fsp3) is 0.429. The third-order valence-corrected chi connectivity index (χ3v) is 5.65. The Bertz CT molecular complexity index is 795. The summed E-state index contributed by atoms with van der Waals surface area (Å²) in [6.45, 7) is 4.33. The Labute approximate surface area is 159 Å². The lowest BCUT2D eigenvalue weighted by atomic mass is 9.95. The predicted molar refractivity (Wildman–Crippen MR) is 107 cm³/mol. The minimum Gasteiger partial charge on any atom is -0.355 e. The standard InChI is InChI=1S/C21H26FN5/c1-23-20(25-16-21(9-10-21)17-6-2-3-7-18(17)22)27-14-12-26(13-15-27)19-8-4-5-11-24-19/h2-8,11H,9-10,12-16H2,1H3,(H,23,25). The molecule has 1 saturated carbocycles. The number of nitrogens with one attached hydrogen (secondary N) is 1. The lowest BCUT2D eigenvalue weighted by molar-refractivity contribution is 0.369. The zero-order valence-electron chi connectivity index (χ0n) is 15.7. The van der Waals surface area contributed by atoms with Gasteiger partial charge in [-0.05, 0) is 36.6 Å². The van der Waals surface area contributed by atoms with Crippen LogP contribution < -0.4 is 10.2 Å². The first-order chi connectivity index (χ1) is 13.2. The van der Waals surface area contributed by atoms with Gasteiger partial charge in [-0.15, -0.1) is 0 Å². The number of nitrogens with zero attached hydrogens (tertiary/aromatic N) is 4. The molecule has 6 heteroatoms. The average molecular weight is 367 g/mol. The molecule has 2 fully saturated rings. The van der Waals surface area contributed by atoms with Gasteiger partial charge in [-0.2, -0.15) is 0 Å². The number of guanidine groups is 1. The van der Waals surface area contributed by atoms with Crippen molar-refractivity contribution in [2.45, 2.75) is 18.3 Å². The molecule has 1 aromatic carbocycles. The first-order valence-corrected chi connectivity index (χ1v) is 9.58. The van der Waals surface area contributed by atoms with E-state index in [1.54, 1.807) is 12.1 Å². The van der Waals surface area contributed by atoms with E-state index >= 15 is 0 Å². The summed E-state index contributed by atoms with van der Waals surface area (Å²) in [7, 11) is 1.82. The molecule has 1 aliphatic heterocycles. The number of piperazine rings is 1. The lowest BCUT2D eigenvalue weighted by Crippen LogP contribution is -2.53. The number of halogens is 1. The Kier molecular flexibility index (Phi) is 4.97. The van der Waals surface area contributed by atoms with Crippen LogP contribution in [0.15, 0.2) is 53.7 Å². The zero-order chi connectivity index (χ0) is 18.7. The van der Waals surface area contributed by atoms with Gasteiger partial charge in [0, 0.05) is 51.4 Å². The number of aromatic nitrogens is 1. The number of rotatable bonds is 4. The highest BCUT2D eigenvalue weighted by molar-refractivity contribution is 5.80. The average Bonchev–Trinajstić information content (AvgIpc) is 3.51. The summed E-state index contributed by atoms with van der Waals surface area (Å²) in [4.78, 5) is 13.5. The van der Waals surface area contributed by atoms with Gasteiger partial charge >= 0.3 is 0 Å². The van der Waals surface area contributed by atoms with Crippen LogP contribution in [0.25, 0.3) is 0 Å². The number of anilines is 1. The fourth-order valence-corrected chi connectivity index (χ4v) is 3.85. The molecule has 0 atom stereocenters. The zero-order valence-corrected chi connectivity index (χ0v) is 15.7. The van der Waals surface area contributed by atoms with E-state index < -0.39 is 0 Å². The quantitative estimate of drug-likeness (QED) is 0.667. The van der Waals surface area contributed by atoms with Gasteiger partial charge in [-0.3, -0.25) is 4.99 Å². The third kappa shape index (κ3) is 3.75. The van der Waals surface area contributed by atoms with E-state index in [9.17, 15) is 4.39 Å². The molecular weight excluding hydrogens is 341 g/mol. The highest BCUT2D eigenvalue weighted by atomic mass is 19.1. The fourth-order valence-electron chi connectivity index (χ4n) is 3.85. The van der Waals surface area contributed by atoms with E-state index in [4.69, 9.17) is 0 Å². The molecular formula is C21H26FN5. The molecule has 2 heterocycles. The van der Waals surface area contributed by atoms with Crippen LogP contribution in [0.1, 0.15) is 18.4 Å². The molecule has 2 aliphatic rings. The predicted octanol–water partition coefficient (Wildman–Crippen LogP) is 2.65. The molecule has 4 rings (SSSR count). The van der Waals surface area contributed by atoms with E-state index in [2.05, 4.69) is 25.1 Å². The minimum atomic E-state index is -0.101. The van der Waals surface area contributed by atoms with Crippen molar-refractivity contribution in [3.63, 3.8) is 0 Å². The normalized spacial score (nSPS) is 19.1. The maximum atomic E-state index is 14.2. The Morgan fingerprint density at radius 3 is 2.48 bits per heavy atom. The number of hydrogen-bond acceptors (Lipinski definition) is 3. The third-order valence-electron chi connectivity index (χ3n) is 5.65. The summed E-state index contributed by atoms with van der Waals surface area (Å²) in [5.74, 6) is 1.82. The number of hydrogen-bond donors (Lipinski definition) is 1. The molecule has 1 N–H and O–H groups in total. The summed E-state index contributed by atoms with van der Waals surface area (Å²) in [5.41, 5.74) is 0.741. The molecule has 0 unspecified atom stereocenters. The van der Waals surface area contributed by atoms with Crippen LogP contribution in [0, 0.1) is 5.82 Å². The largest absolute Gasteiger partial charge is 0.355 e. The Morgan fingerprint density at radius 1 is 1.11 bits per heavy atom. The van der Waals surface area contributed by atoms with Crippen molar-refractivity contribution in [2.24, 2.45) is 4.99 Å². The molecule has 0 spiro atoms. The van der Waals surface area contributed by atoms with Crippen molar-refractivity contribution in [3.8, 4) is 0 Å². The van der Waals surface area contributed by atoms with Crippen molar-refractivity contribution in [3.05, 3.63) is 60.0 Å². The van der Waals surface area contributed by atoms with Gasteiger partial charge in [0.05, 0.1) is 0 Å². The van der Waals surface area contributed by atoms with Crippen LogP contribution in [-0.4, -0.2) is 55.6 Å². The minimum absolute atomic E-state index is 0.0862. The molecule has 1 saturated heterocycles. The Balaban J connectivity index is 1.35. The van der Waals surface area contributed by atoms with Crippen LogP contribution in [0.3, 0.4) is 0 Å². The summed E-state index contributed by atoms with van der Waals surface area (Å²) in [5, 5.41) is 3.50. The maximum absolute atomic E-state index is 14.2. The van der Waals surface area contributed by atoms with Gasteiger partial charge in [0.25, 0.3) is 0 Å². The van der Waals surface area contributed by atoms with Gasteiger partial charge in [-0.1, -0.05) is 24.3 Å². The van der Waals surface area contributed by atoms with E-state index in [1.165, 1.54) is 0 Å². The van der Waals surface area contributed by atoms with E-state index in [-0.39, 0.29) is 11.2 Å². The van der Waals surface area contributed by atoms with Crippen LogP contribution in [-0.2, 0) is 5.41 Å². The first kappa shape index (κ1) is 17.8. The maximum Gasteiger partial charge on any atom is 0.193 e. The van der Waals surface area contributed by atoms with E-state index in [0.717, 1.165) is 62.9 Å². The molecule has 142 valence electrons. The monoisotopic (exact) mass is 367 g/mol. The van der Waals surface area contributed by atoms with Crippen LogP contribution in [0.5, 0.6) is 0 Å². The Hall–Kier alpha value is -2.63. The molecule has 0 amide bonds. The molecule has 27 heavy (non-hydrogen) atoms. The number of benzene rings is 1. The highest BCUT2D eigenvalue weighted by Crippen LogP contribution is 2.48. The summed E-state index contributed by atoms with van der Waals surface area (Å²) in [6.07, 6.45) is 3.87. The van der Waals surface area contributed by atoms with Gasteiger partial charge in [0.1, 0.15) is 11.6 Å². The lowest BCUT2D eigenvalue weighted by Gasteiger charge is -2.37. The second-order valence-corrected chi connectivity index (χ2v) is 7.32. The first-order valence-electron chi connectivity index (χ1n) is 9.58. The Morgan fingerprint density at radius 2 is 1.85 bits per heavy atom. The molecule has 2 aromatic rings. The van der Waals surface area contributed by atoms with Gasteiger partial charge in [-0.25, -0.2) is 9.37 Å². The molecule has 1 aromatic heterocycles. The molecule has 5 nitrogen and oxygen atoms in total.